The van der Waals surface area contributed by atoms with Crippen LogP contribution in [0.2, 0.25) is 0 Å². The summed E-state index contributed by atoms with van der Waals surface area (Å²) in [5, 5.41) is 21.2. The summed E-state index contributed by atoms with van der Waals surface area (Å²) in [5.41, 5.74) is 3.75. The van der Waals surface area contributed by atoms with E-state index in [0.29, 0.717) is 0 Å². The second-order valence-corrected chi connectivity index (χ2v) is 4.45. The number of benzene rings is 1. The third kappa shape index (κ3) is 3.55. The number of rotatable bonds is 3. The number of anilines is 1. The van der Waals surface area contributed by atoms with E-state index in [4.69, 9.17) is 10.7 Å². The zero-order valence-electron chi connectivity index (χ0n) is 10.8. The molecule has 5 heteroatoms. The van der Waals surface area contributed by atoms with E-state index in [1.807, 2.05) is 41.3 Å². The smallest absolute Gasteiger partial charge is 0.202 e. The molecule has 2 N–H and O–H groups in total. The fraction of sp³-hybridized carbons (Fsp3) is 0.357. The van der Waals surface area contributed by atoms with E-state index in [1.165, 1.54) is 6.42 Å². The number of amidine groups is 1. The third-order valence-electron chi connectivity index (χ3n) is 3.07. The first-order valence-electron chi connectivity index (χ1n) is 6.44. The maximum atomic E-state index is 9.12. The van der Waals surface area contributed by atoms with Gasteiger partial charge in [-0.1, -0.05) is 18.2 Å². The van der Waals surface area contributed by atoms with Crippen molar-refractivity contribution < 1.29 is 0 Å². The van der Waals surface area contributed by atoms with Crippen molar-refractivity contribution in [3.63, 3.8) is 0 Å². The van der Waals surface area contributed by atoms with Gasteiger partial charge in [-0.3, -0.25) is 10.8 Å². The number of para-hydroxylation sites is 1. The Bertz CT molecular complexity index is 494. The molecule has 5 nitrogen and oxygen atoms in total. The van der Waals surface area contributed by atoms with Gasteiger partial charge >= 0.3 is 0 Å². The van der Waals surface area contributed by atoms with Crippen LogP contribution in [0.4, 0.5) is 5.69 Å². The van der Waals surface area contributed by atoms with Crippen LogP contribution >= 0.6 is 0 Å². The molecule has 0 unspecified atom stereocenters. The first kappa shape index (κ1) is 13.1. The Kier molecular flexibility index (Phi) is 4.51. The van der Waals surface area contributed by atoms with Gasteiger partial charge < -0.3 is 4.90 Å². The number of nitrogens with one attached hydrogen (secondary N) is 2. The summed E-state index contributed by atoms with van der Waals surface area (Å²) in [6.45, 7) is 1.68. The molecule has 0 amide bonds. The summed E-state index contributed by atoms with van der Waals surface area (Å²) < 4.78 is 0. The van der Waals surface area contributed by atoms with Crippen LogP contribution in [-0.4, -0.2) is 29.5 Å². The lowest BCUT2D eigenvalue weighted by molar-refractivity contribution is 0.344. The molecule has 19 heavy (non-hydrogen) atoms. The largest absolute Gasteiger partial charge is 0.355 e. The van der Waals surface area contributed by atoms with Gasteiger partial charge in [-0.2, -0.15) is 10.4 Å². The average molecular weight is 255 g/mol. The highest BCUT2D eigenvalue weighted by Gasteiger charge is 2.18. The van der Waals surface area contributed by atoms with Crippen LogP contribution in [0.1, 0.15) is 19.3 Å². The summed E-state index contributed by atoms with van der Waals surface area (Å²) >= 11 is 0. The fourth-order valence-corrected chi connectivity index (χ4v) is 2.03. The van der Waals surface area contributed by atoms with E-state index in [-0.39, 0.29) is 11.5 Å². The summed E-state index contributed by atoms with van der Waals surface area (Å²) in [7, 11) is 0. The molecule has 0 aromatic heterocycles. The molecule has 0 saturated carbocycles. The zero-order chi connectivity index (χ0) is 13.5. The number of nitriles is 1. The maximum Gasteiger partial charge on any atom is 0.202 e. The topological polar surface area (TPSA) is 75.3 Å². The van der Waals surface area contributed by atoms with E-state index in [1.54, 1.807) is 0 Å². The lowest BCUT2D eigenvalue weighted by atomic mass is 10.1. The van der Waals surface area contributed by atoms with E-state index in [0.717, 1.165) is 31.6 Å². The van der Waals surface area contributed by atoms with Gasteiger partial charge in [0.2, 0.25) is 5.71 Å². The Morgan fingerprint density at radius 3 is 2.53 bits per heavy atom. The Balaban J connectivity index is 2.03. The van der Waals surface area contributed by atoms with Crippen LogP contribution in [0, 0.1) is 16.7 Å². The molecule has 0 spiro atoms. The number of piperidine rings is 1. The Hall–Kier alpha value is -2.35. The molecule has 2 rings (SSSR count). The van der Waals surface area contributed by atoms with Gasteiger partial charge in [-0.25, -0.2) is 0 Å². The van der Waals surface area contributed by atoms with Crippen molar-refractivity contribution in [2.24, 2.45) is 5.10 Å². The van der Waals surface area contributed by atoms with Crippen molar-refractivity contribution in [2.75, 3.05) is 18.5 Å². The first-order valence-corrected chi connectivity index (χ1v) is 6.44. The third-order valence-corrected chi connectivity index (χ3v) is 3.07. The number of nitrogens with zero attached hydrogens (tertiary/aromatic N) is 3. The average Bonchev–Trinajstić information content (AvgIpc) is 2.49. The minimum atomic E-state index is 0.130. The number of hydrazone groups is 1. The SMILES string of the molecule is N#C/C(=N\Nc1ccccc1)C(=N)N1CCCCC1. The number of hydrogen-bond donors (Lipinski definition) is 2. The van der Waals surface area contributed by atoms with Crippen LogP contribution in [0.3, 0.4) is 0 Å². The highest BCUT2D eigenvalue weighted by molar-refractivity contribution is 6.46. The molecule has 1 saturated heterocycles. The minimum Gasteiger partial charge on any atom is -0.355 e. The molecule has 1 aromatic carbocycles. The first-order chi connectivity index (χ1) is 9.31. The van der Waals surface area contributed by atoms with Crippen molar-refractivity contribution in [3.05, 3.63) is 30.3 Å². The minimum absolute atomic E-state index is 0.130. The predicted molar refractivity (Wildman–Crippen MR) is 76.3 cm³/mol. The molecule has 0 atom stereocenters. The van der Waals surface area contributed by atoms with E-state index >= 15 is 0 Å². The van der Waals surface area contributed by atoms with Gasteiger partial charge in [0.05, 0.1) is 5.69 Å². The van der Waals surface area contributed by atoms with Gasteiger partial charge in [0, 0.05) is 13.1 Å². The van der Waals surface area contributed by atoms with E-state index < -0.39 is 0 Å². The van der Waals surface area contributed by atoms with Crippen LogP contribution in [0.25, 0.3) is 0 Å². The van der Waals surface area contributed by atoms with Crippen molar-refractivity contribution in [3.8, 4) is 6.07 Å². The van der Waals surface area contributed by atoms with Gasteiger partial charge in [-0.05, 0) is 31.4 Å². The van der Waals surface area contributed by atoms with Crippen LogP contribution in [0.15, 0.2) is 35.4 Å². The Labute approximate surface area is 113 Å². The molecule has 0 bridgehead atoms. The summed E-state index contributed by atoms with van der Waals surface area (Å²) in [5.74, 6) is 0.214. The quantitative estimate of drug-likeness (QED) is 0.495. The van der Waals surface area contributed by atoms with Gasteiger partial charge in [0.1, 0.15) is 6.07 Å². The Morgan fingerprint density at radius 2 is 1.89 bits per heavy atom. The summed E-state index contributed by atoms with van der Waals surface area (Å²) in [6, 6.07) is 11.4. The van der Waals surface area contributed by atoms with Crippen molar-refractivity contribution in [2.45, 2.75) is 19.3 Å². The summed E-state index contributed by atoms with van der Waals surface area (Å²) in [6.07, 6.45) is 3.35. The molecule has 1 heterocycles. The molecule has 1 aliphatic heterocycles. The fourth-order valence-electron chi connectivity index (χ4n) is 2.03. The molecular weight excluding hydrogens is 238 g/mol. The van der Waals surface area contributed by atoms with Crippen molar-refractivity contribution in [1.29, 1.82) is 10.7 Å². The van der Waals surface area contributed by atoms with E-state index in [2.05, 4.69) is 10.5 Å². The van der Waals surface area contributed by atoms with Crippen molar-refractivity contribution >= 4 is 17.2 Å². The van der Waals surface area contributed by atoms with Crippen LogP contribution < -0.4 is 5.43 Å². The predicted octanol–water partition coefficient (Wildman–Crippen LogP) is 2.44. The standard InChI is InChI=1S/C14H17N5/c15-11-13(14(16)19-9-5-2-6-10-19)18-17-12-7-3-1-4-8-12/h1,3-4,7-8,16-17H,2,5-6,9-10H2/b16-14?,18-13+. The summed E-state index contributed by atoms with van der Waals surface area (Å²) in [4.78, 5) is 1.91. The van der Waals surface area contributed by atoms with Crippen LogP contribution in [0.5, 0.6) is 0 Å². The second kappa shape index (κ2) is 6.55. The molecule has 98 valence electrons. The molecule has 1 aromatic rings. The molecular formula is C14H17N5. The van der Waals surface area contributed by atoms with Gasteiger partial charge in [-0.15, -0.1) is 0 Å². The second-order valence-electron chi connectivity index (χ2n) is 4.45. The van der Waals surface area contributed by atoms with Gasteiger partial charge in [0.25, 0.3) is 0 Å². The molecule has 0 radical (unpaired) electrons. The van der Waals surface area contributed by atoms with Crippen LogP contribution in [-0.2, 0) is 0 Å². The number of likely N-dealkylation sites (tertiary alicyclic amines) is 1. The molecule has 1 aliphatic rings. The van der Waals surface area contributed by atoms with Gasteiger partial charge in [0.15, 0.2) is 5.84 Å². The molecule has 1 fully saturated rings. The highest BCUT2D eigenvalue weighted by Crippen LogP contribution is 2.10. The highest BCUT2D eigenvalue weighted by atomic mass is 15.3. The molecule has 0 aliphatic carbocycles. The normalized spacial score (nSPS) is 15.7. The zero-order valence-corrected chi connectivity index (χ0v) is 10.8. The monoisotopic (exact) mass is 255 g/mol. The maximum absolute atomic E-state index is 9.12. The van der Waals surface area contributed by atoms with E-state index in [9.17, 15) is 0 Å². The Morgan fingerprint density at radius 1 is 1.21 bits per heavy atom. The lowest BCUT2D eigenvalue weighted by Gasteiger charge is -2.27. The number of hydrogen-bond acceptors (Lipinski definition) is 4. The van der Waals surface area contributed by atoms with Crippen molar-refractivity contribution in [1.82, 2.24) is 4.90 Å². The lowest BCUT2D eigenvalue weighted by Crippen LogP contribution is -2.39.